The second kappa shape index (κ2) is 6.45. The monoisotopic (exact) mass is 230 g/mol. The first kappa shape index (κ1) is 12.0. The van der Waals surface area contributed by atoms with E-state index in [0.717, 1.165) is 18.7 Å². The summed E-state index contributed by atoms with van der Waals surface area (Å²) >= 11 is 3.65. The summed E-state index contributed by atoms with van der Waals surface area (Å²) in [5, 5.41) is 2.10. The van der Waals surface area contributed by atoms with E-state index >= 15 is 0 Å². The quantitative estimate of drug-likeness (QED) is 0.759. The van der Waals surface area contributed by atoms with Crippen molar-refractivity contribution in [2.24, 2.45) is 5.73 Å². The molecule has 14 heavy (non-hydrogen) atoms. The van der Waals surface area contributed by atoms with Gasteiger partial charge in [-0.15, -0.1) is 23.1 Å². The van der Waals surface area contributed by atoms with Gasteiger partial charge in [0.15, 0.2) is 0 Å². The minimum Gasteiger partial charge on any atom is -0.327 e. The molecule has 0 radical (unpaired) electrons. The zero-order chi connectivity index (χ0) is 10.4. The Balaban J connectivity index is 2.12. The molecular weight excluding hydrogens is 212 g/mol. The number of hydrogen-bond acceptors (Lipinski definition) is 4. The van der Waals surface area contributed by atoms with Gasteiger partial charge in [-0.05, 0) is 38.5 Å². The molecule has 1 rings (SSSR count). The van der Waals surface area contributed by atoms with Crippen LogP contribution in [0.4, 0.5) is 0 Å². The molecule has 4 heteroatoms. The molecule has 0 aliphatic rings. The predicted octanol–water partition coefficient (Wildman–Crippen LogP) is 2.12. The molecule has 0 aliphatic carbocycles. The van der Waals surface area contributed by atoms with Gasteiger partial charge in [0.25, 0.3) is 0 Å². The van der Waals surface area contributed by atoms with E-state index in [1.807, 2.05) is 11.8 Å². The van der Waals surface area contributed by atoms with Crippen LogP contribution in [0.3, 0.4) is 0 Å². The van der Waals surface area contributed by atoms with Gasteiger partial charge >= 0.3 is 0 Å². The molecule has 0 aliphatic heterocycles. The molecular formula is C10H18N2S2. The van der Waals surface area contributed by atoms with Crippen LogP contribution in [0, 0.1) is 0 Å². The highest BCUT2D eigenvalue weighted by Gasteiger charge is 2.04. The third-order valence-corrected chi connectivity index (χ3v) is 4.20. The standard InChI is InChI=1S/C10H18N2S2/c1-12(2)6-5-9(11)8-14-10-4-3-7-13-10/h3-4,7,9H,5-6,8,11H2,1-2H3/t9-/m1/s1. The highest BCUT2D eigenvalue weighted by Crippen LogP contribution is 2.23. The number of nitrogens with zero attached hydrogens (tertiary/aromatic N) is 1. The molecule has 1 aromatic heterocycles. The van der Waals surface area contributed by atoms with Crippen molar-refractivity contribution in [2.75, 3.05) is 26.4 Å². The van der Waals surface area contributed by atoms with E-state index in [9.17, 15) is 0 Å². The van der Waals surface area contributed by atoms with Gasteiger partial charge < -0.3 is 10.6 Å². The Kier molecular flexibility index (Phi) is 5.55. The maximum Gasteiger partial charge on any atom is 0.0599 e. The molecule has 1 atom stereocenters. The fourth-order valence-electron chi connectivity index (χ4n) is 1.04. The van der Waals surface area contributed by atoms with E-state index in [4.69, 9.17) is 5.73 Å². The van der Waals surface area contributed by atoms with Crippen LogP contribution in [0.25, 0.3) is 0 Å². The van der Waals surface area contributed by atoms with Gasteiger partial charge in [-0.2, -0.15) is 0 Å². The van der Waals surface area contributed by atoms with Crippen LogP contribution in [0.15, 0.2) is 21.7 Å². The largest absolute Gasteiger partial charge is 0.327 e. The Morgan fingerprint density at radius 1 is 1.57 bits per heavy atom. The number of thiophene rings is 1. The van der Waals surface area contributed by atoms with Gasteiger partial charge in [-0.25, -0.2) is 0 Å². The van der Waals surface area contributed by atoms with Crippen molar-refractivity contribution in [1.29, 1.82) is 0 Å². The maximum atomic E-state index is 6.00. The summed E-state index contributed by atoms with van der Waals surface area (Å²) in [5.41, 5.74) is 6.00. The van der Waals surface area contributed by atoms with Gasteiger partial charge in [0.2, 0.25) is 0 Å². The lowest BCUT2D eigenvalue weighted by atomic mass is 10.2. The van der Waals surface area contributed by atoms with Gasteiger partial charge in [-0.3, -0.25) is 0 Å². The molecule has 80 valence electrons. The molecule has 0 bridgehead atoms. The van der Waals surface area contributed by atoms with Crippen molar-refractivity contribution < 1.29 is 0 Å². The van der Waals surface area contributed by atoms with Crippen LogP contribution < -0.4 is 5.73 Å². The van der Waals surface area contributed by atoms with Crippen LogP contribution >= 0.6 is 23.1 Å². The van der Waals surface area contributed by atoms with Gasteiger partial charge in [0.1, 0.15) is 0 Å². The second-order valence-electron chi connectivity index (χ2n) is 3.60. The lowest BCUT2D eigenvalue weighted by Gasteiger charge is -2.14. The van der Waals surface area contributed by atoms with Gasteiger partial charge in [0.05, 0.1) is 4.21 Å². The molecule has 2 N–H and O–H groups in total. The fourth-order valence-corrected chi connectivity index (χ4v) is 2.85. The van der Waals surface area contributed by atoms with Gasteiger partial charge in [0, 0.05) is 11.8 Å². The van der Waals surface area contributed by atoms with Gasteiger partial charge in [-0.1, -0.05) is 6.07 Å². The first-order valence-corrected chi connectivity index (χ1v) is 6.61. The SMILES string of the molecule is CN(C)CC[C@@H](N)CSc1cccs1. The van der Waals surface area contributed by atoms with E-state index in [0.29, 0.717) is 6.04 Å². The summed E-state index contributed by atoms with van der Waals surface area (Å²) in [6.07, 6.45) is 1.07. The van der Waals surface area contributed by atoms with Crippen LogP contribution in [0.1, 0.15) is 6.42 Å². The topological polar surface area (TPSA) is 29.3 Å². The molecule has 1 aromatic rings. The van der Waals surface area contributed by atoms with E-state index in [1.165, 1.54) is 4.21 Å². The smallest absolute Gasteiger partial charge is 0.0599 e. The number of rotatable bonds is 6. The molecule has 0 fully saturated rings. The lowest BCUT2D eigenvalue weighted by Crippen LogP contribution is -2.28. The predicted molar refractivity (Wildman–Crippen MR) is 66.2 cm³/mol. The molecule has 0 unspecified atom stereocenters. The molecule has 0 amide bonds. The van der Waals surface area contributed by atoms with E-state index in [1.54, 1.807) is 11.3 Å². The molecule has 0 spiro atoms. The second-order valence-corrected chi connectivity index (χ2v) is 5.86. The van der Waals surface area contributed by atoms with Crippen molar-refractivity contribution in [3.8, 4) is 0 Å². The van der Waals surface area contributed by atoms with Crippen molar-refractivity contribution in [2.45, 2.75) is 16.7 Å². The summed E-state index contributed by atoms with van der Waals surface area (Å²) < 4.78 is 1.37. The zero-order valence-electron chi connectivity index (χ0n) is 8.77. The third-order valence-electron chi connectivity index (χ3n) is 1.88. The van der Waals surface area contributed by atoms with Crippen molar-refractivity contribution in [3.05, 3.63) is 17.5 Å². The fraction of sp³-hybridized carbons (Fsp3) is 0.600. The molecule has 0 saturated carbocycles. The molecule has 0 aromatic carbocycles. The summed E-state index contributed by atoms with van der Waals surface area (Å²) in [5.74, 6) is 1.02. The van der Waals surface area contributed by atoms with Crippen LogP contribution in [-0.2, 0) is 0 Å². The van der Waals surface area contributed by atoms with E-state index < -0.39 is 0 Å². The van der Waals surface area contributed by atoms with E-state index in [2.05, 4.69) is 36.5 Å². The van der Waals surface area contributed by atoms with Crippen molar-refractivity contribution in [3.63, 3.8) is 0 Å². The van der Waals surface area contributed by atoms with Crippen LogP contribution in [0.5, 0.6) is 0 Å². The minimum absolute atomic E-state index is 0.310. The zero-order valence-corrected chi connectivity index (χ0v) is 10.4. The number of hydrogen-bond donors (Lipinski definition) is 1. The average molecular weight is 230 g/mol. The lowest BCUT2D eigenvalue weighted by molar-refractivity contribution is 0.387. The highest BCUT2D eigenvalue weighted by molar-refractivity contribution is 8.01. The molecule has 1 heterocycles. The highest BCUT2D eigenvalue weighted by atomic mass is 32.2. The average Bonchev–Trinajstić information content (AvgIpc) is 2.63. The Morgan fingerprint density at radius 2 is 2.36 bits per heavy atom. The summed E-state index contributed by atoms with van der Waals surface area (Å²) in [7, 11) is 4.16. The first-order valence-electron chi connectivity index (χ1n) is 4.75. The third kappa shape index (κ3) is 5.00. The summed E-state index contributed by atoms with van der Waals surface area (Å²) in [4.78, 5) is 2.18. The Morgan fingerprint density at radius 3 is 2.93 bits per heavy atom. The van der Waals surface area contributed by atoms with Crippen molar-refractivity contribution in [1.82, 2.24) is 4.90 Å². The summed E-state index contributed by atoms with van der Waals surface area (Å²) in [6, 6.07) is 4.54. The number of thioether (sulfide) groups is 1. The molecule has 0 saturated heterocycles. The normalized spacial score (nSPS) is 13.4. The first-order chi connectivity index (χ1) is 6.68. The molecule has 2 nitrogen and oxygen atoms in total. The van der Waals surface area contributed by atoms with Crippen molar-refractivity contribution >= 4 is 23.1 Å². The minimum atomic E-state index is 0.310. The maximum absolute atomic E-state index is 6.00. The number of nitrogens with two attached hydrogens (primary N) is 1. The van der Waals surface area contributed by atoms with Crippen LogP contribution in [0.2, 0.25) is 0 Å². The Bertz CT molecular complexity index is 234. The van der Waals surface area contributed by atoms with Crippen LogP contribution in [-0.4, -0.2) is 37.3 Å². The van der Waals surface area contributed by atoms with E-state index in [-0.39, 0.29) is 0 Å². The Hall–Kier alpha value is -0.0300. The Labute approximate surface area is 94.5 Å². The summed E-state index contributed by atoms with van der Waals surface area (Å²) in [6.45, 7) is 1.08.